The number of nitrogens with one attached hydrogen (secondary N) is 2. The summed E-state index contributed by atoms with van der Waals surface area (Å²) in [5.74, 6) is -1.49. The topological polar surface area (TPSA) is 155 Å². The lowest BCUT2D eigenvalue weighted by atomic mass is 10.1. The van der Waals surface area contributed by atoms with Gasteiger partial charge in [0.1, 0.15) is 11.7 Å². The van der Waals surface area contributed by atoms with E-state index in [4.69, 9.17) is 9.47 Å². The highest BCUT2D eigenvalue weighted by molar-refractivity contribution is 5.97. The number of ether oxygens (including phenoxy) is 2. The first-order chi connectivity index (χ1) is 18.9. The van der Waals surface area contributed by atoms with Crippen molar-refractivity contribution in [3.05, 3.63) is 42.1 Å². The van der Waals surface area contributed by atoms with Crippen LogP contribution in [0, 0.1) is 0 Å². The number of piperazine rings is 1. The van der Waals surface area contributed by atoms with Crippen molar-refractivity contribution in [3.63, 3.8) is 0 Å². The summed E-state index contributed by atoms with van der Waals surface area (Å²) in [5.41, 5.74) is 0.680. The molecule has 13 heteroatoms. The van der Waals surface area contributed by atoms with Crippen molar-refractivity contribution in [2.75, 3.05) is 44.3 Å². The van der Waals surface area contributed by atoms with Crippen LogP contribution in [0.1, 0.15) is 36.7 Å². The second kappa shape index (κ2) is 13.4. The Balaban J connectivity index is 1.55. The normalized spacial score (nSPS) is 15.5. The van der Waals surface area contributed by atoms with Crippen molar-refractivity contribution in [1.29, 1.82) is 0 Å². The van der Waals surface area contributed by atoms with Gasteiger partial charge in [0.2, 0.25) is 0 Å². The van der Waals surface area contributed by atoms with Crippen molar-refractivity contribution >= 4 is 36.0 Å². The fourth-order valence-electron chi connectivity index (χ4n) is 4.01. The van der Waals surface area contributed by atoms with Crippen LogP contribution in [-0.4, -0.2) is 90.4 Å². The molecule has 2 N–H and O–H groups in total. The van der Waals surface area contributed by atoms with Crippen molar-refractivity contribution in [3.8, 4) is 11.4 Å². The highest BCUT2D eigenvalue weighted by Crippen LogP contribution is 2.22. The van der Waals surface area contributed by atoms with Crippen LogP contribution in [0.5, 0.6) is 0 Å². The second-order valence-corrected chi connectivity index (χ2v) is 8.80. The first kappa shape index (κ1) is 27.6. The summed E-state index contributed by atoms with van der Waals surface area (Å²) in [5, 5.41) is 11.6. The van der Waals surface area contributed by atoms with Gasteiger partial charge in [0.05, 0.1) is 6.61 Å². The third kappa shape index (κ3) is 7.57. The van der Waals surface area contributed by atoms with Crippen molar-refractivity contribution < 1.29 is 28.7 Å². The van der Waals surface area contributed by atoms with Crippen LogP contribution < -0.4 is 15.6 Å². The van der Waals surface area contributed by atoms with E-state index in [-0.39, 0.29) is 25.1 Å². The van der Waals surface area contributed by atoms with Gasteiger partial charge in [0, 0.05) is 63.4 Å². The number of nitrogens with zero attached hydrogens (tertiary/aromatic N) is 5. The number of anilines is 1. The molecule has 2 aromatic rings. The van der Waals surface area contributed by atoms with E-state index >= 15 is 0 Å². The van der Waals surface area contributed by atoms with Gasteiger partial charge in [-0.05, 0) is 13.3 Å². The zero-order valence-corrected chi connectivity index (χ0v) is 21.7. The van der Waals surface area contributed by atoms with Crippen LogP contribution in [0.15, 0.2) is 41.5 Å². The molecule has 1 saturated heterocycles. The number of carbonyl (C=O) groups excluding carboxylic acids is 4. The van der Waals surface area contributed by atoms with Gasteiger partial charge in [-0.2, -0.15) is 5.10 Å². The van der Waals surface area contributed by atoms with E-state index in [1.54, 1.807) is 18.1 Å². The number of amides is 2. The molecule has 0 bridgehead atoms. The lowest BCUT2D eigenvalue weighted by molar-refractivity contribution is -0.144. The van der Waals surface area contributed by atoms with Gasteiger partial charge in [-0.25, -0.2) is 24.6 Å². The molecule has 3 heterocycles. The molecule has 0 radical (unpaired) electrons. The van der Waals surface area contributed by atoms with Gasteiger partial charge in [0.25, 0.3) is 5.91 Å². The van der Waals surface area contributed by atoms with Crippen LogP contribution in [0.2, 0.25) is 0 Å². The molecular weight excluding hydrogens is 506 g/mol. The second-order valence-electron chi connectivity index (χ2n) is 8.80. The number of hydrogen-bond donors (Lipinski definition) is 2. The monoisotopic (exact) mass is 537 g/mol. The lowest BCUT2D eigenvalue weighted by Crippen LogP contribution is -2.49. The van der Waals surface area contributed by atoms with E-state index < -0.39 is 30.0 Å². The van der Waals surface area contributed by atoms with Crippen LogP contribution in [0.4, 0.5) is 10.6 Å². The number of hydrazone groups is 1. The summed E-state index contributed by atoms with van der Waals surface area (Å²) in [6.45, 7) is 4.36. The first-order valence-corrected chi connectivity index (χ1v) is 12.9. The molecule has 2 aliphatic rings. The van der Waals surface area contributed by atoms with E-state index in [2.05, 4.69) is 25.7 Å². The number of hydrogen-bond acceptors (Lipinski definition) is 11. The van der Waals surface area contributed by atoms with Crippen LogP contribution in [0.3, 0.4) is 0 Å². The van der Waals surface area contributed by atoms with Crippen molar-refractivity contribution in [1.82, 2.24) is 25.5 Å². The molecule has 0 aliphatic carbocycles. The molecule has 4 rings (SSSR count). The Kier molecular flexibility index (Phi) is 9.51. The maximum atomic E-state index is 13.4. The Morgan fingerprint density at radius 1 is 1.08 bits per heavy atom. The maximum absolute atomic E-state index is 13.4. The smallest absolute Gasteiger partial charge is 0.417 e. The van der Waals surface area contributed by atoms with Gasteiger partial charge < -0.3 is 25.0 Å². The maximum Gasteiger partial charge on any atom is 0.417 e. The van der Waals surface area contributed by atoms with Crippen molar-refractivity contribution in [2.45, 2.75) is 32.2 Å². The zero-order chi connectivity index (χ0) is 27.6. The Morgan fingerprint density at radius 2 is 1.85 bits per heavy atom. The Labute approximate surface area is 225 Å². The van der Waals surface area contributed by atoms with E-state index in [0.717, 1.165) is 6.42 Å². The van der Waals surface area contributed by atoms with Gasteiger partial charge in [-0.3, -0.25) is 9.59 Å². The predicted molar refractivity (Wildman–Crippen MR) is 141 cm³/mol. The average Bonchev–Trinajstić information content (AvgIpc) is 3.51. The molecule has 1 fully saturated rings. The standard InChI is InChI=1S/C26H31N7O6/c1-2-38-22(34)10-9-19(25(36)39-26(37)32-15-12-27-13-16-32)30-24(35)20-17-21(33-14-6-11-28-33)31-23(29-20)18-7-4-3-5-8-18/h3-5,7-8,11,17,19,27H,2,6,9-10,12-16H2,1H3,(H,30,35). The number of carbonyl (C=O) groups is 4. The Hall–Kier alpha value is -4.39. The fourth-order valence-corrected chi connectivity index (χ4v) is 4.01. The molecule has 1 aromatic carbocycles. The molecule has 0 saturated carbocycles. The molecule has 0 spiro atoms. The minimum absolute atomic E-state index is 0.0108. The SMILES string of the molecule is CCOC(=O)CCC(NC(=O)c1cc(N2CCC=N2)nc(-c2ccccc2)n1)C(=O)OC(=O)N1CCNCC1. The minimum atomic E-state index is -1.29. The number of benzene rings is 1. The number of esters is 2. The molecule has 13 nitrogen and oxygen atoms in total. The van der Waals surface area contributed by atoms with Crippen LogP contribution >= 0.6 is 0 Å². The van der Waals surface area contributed by atoms with E-state index in [1.165, 1.54) is 11.0 Å². The highest BCUT2D eigenvalue weighted by Gasteiger charge is 2.29. The summed E-state index contributed by atoms with van der Waals surface area (Å²) >= 11 is 0. The molecule has 39 heavy (non-hydrogen) atoms. The van der Waals surface area contributed by atoms with Crippen molar-refractivity contribution in [2.24, 2.45) is 5.10 Å². The molecule has 206 valence electrons. The summed E-state index contributed by atoms with van der Waals surface area (Å²) in [7, 11) is 0. The largest absolute Gasteiger partial charge is 0.466 e. The third-order valence-corrected chi connectivity index (χ3v) is 6.03. The number of aromatic nitrogens is 2. The molecule has 2 aliphatic heterocycles. The fraction of sp³-hybridized carbons (Fsp3) is 0.423. The Morgan fingerprint density at radius 3 is 2.54 bits per heavy atom. The summed E-state index contributed by atoms with van der Waals surface area (Å²) in [6, 6.07) is 9.32. The molecule has 1 unspecified atom stereocenters. The van der Waals surface area contributed by atoms with E-state index in [1.807, 2.05) is 30.3 Å². The van der Waals surface area contributed by atoms with Crippen LogP contribution in [-0.2, 0) is 19.1 Å². The third-order valence-electron chi connectivity index (χ3n) is 6.03. The molecule has 2 amide bonds. The molecular formula is C26H31N7O6. The van der Waals surface area contributed by atoms with Gasteiger partial charge in [-0.15, -0.1) is 0 Å². The zero-order valence-electron chi connectivity index (χ0n) is 21.7. The summed E-state index contributed by atoms with van der Waals surface area (Å²) < 4.78 is 10.0. The van der Waals surface area contributed by atoms with E-state index in [0.29, 0.717) is 49.9 Å². The first-order valence-electron chi connectivity index (χ1n) is 12.9. The van der Waals surface area contributed by atoms with E-state index in [9.17, 15) is 19.2 Å². The van der Waals surface area contributed by atoms with Gasteiger partial charge >= 0.3 is 18.0 Å². The van der Waals surface area contributed by atoms with Crippen LogP contribution in [0.25, 0.3) is 11.4 Å². The van der Waals surface area contributed by atoms with Gasteiger partial charge in [0.15, 0.2) is 11.6 Å². The molecule has 1 atom stereocenters. The summed E-state index contributed by atoms with van der Waals surface area (Å²) in [4.78, 5) is 61.2. The highest BCUT2D eigenvalue weighted by atomic mass is 16.6. The summed E-state index contributed by atoms with van der Waals surface area (Å²) in [6.07, 6.45) is 1.39. The lowest BCUT2D eigenvalue weighted by Gasteiger charge is -2.26. The average molecular weight is 538 g/mol. The Bertz CT molecular complexity index is 1220. The predicted octanol–water partition coefficient (Wildman–Crippen LogP) is 1.35. The molecule has 1 aromatic heterocycles. The number of rotatable bonds is 9. The quantitative estimate of drug-likeness (QED) is 0.354. The van der Waals surface area contributed by atoms with Gasteiger partial charge in [-0.1, -0.05) is 30.3 Å². The minimum Gasteiger partial charge on any atom is -0.466 e.